The monoisotopic (exact) mass is 332 g/mol. The third-order valence-corrected chi connectivity index (χ3v) is 3.96. The summed E-state index contributed by atoms with van der Waals surface area (Å²) in [5.41, 5.74) is 1.33. The number of fused-ring (bicyclic) bond motifs is 1. The van der Waals surface area contributed by atoms with Crippen molar-refractivity contribution >= 4 is 37.9 Å². The van der Waals surface area contributed by atoms with Crippen LogP contribution < -0.4 is 5.76 Å². The number of aromatic nitrogens is 1. The van der Waals surface area contributed by atoms with Crippen LogP contribution in [0.3, 0.4) is 0 Å². The summed E-state index contributed by atoms with van der Waals surface area (Å²) in [5, 5.41) is 0. The highest BCUT2D eigenvalue weighted by atomic mass is 79.9. The highest BCUT2D eigenvalue weighted by Crippen LogP contribution is 2.18. The van der Waals surface area contributed by atoms with Crippen molar-refractivity contribution in [2.45, 2.75) is 6.73 Å². The van der Waals surface area contributed by atoms with Crippen molar-refractivity contribution < 1.29 is 9.15 Å². The Hall–Kier alpha value is -0.720. The van der Waals surface area contributed by atoms with Gasteiger partial charge >= 0.3 is 5.76 Å². The Labute approximate surface area is 116 Å². The van der Waals surface area contributed by atoms with Gasteiger partial charge in [-0.2, -0.15) is 0 Å². The van der Waals surface area contributed by atoms with E-state index in [1.165, 1.54) is 4.57 Å². The van der Waals surface area contributed by atoms with Gasteiger partial charge in [0.05, 0.1) is 24.6 Å². The van der Waals surface area contributed by atoms with Crippen molar-refractivity contribution in [3.63, 3.8) is 0 Å². The van der Waals surface area contributed by atoms with E-state index >= 15 is 0 Å². The van der Waals surface area contributed by atoms with E-state index < -0.39 is 0 Å². The van der Waals surface area contributed by atoms with Gasteiger partial charge in [0.2, 0.25) is 0 Å². The maximum Gasteiger partial charge on any atom is 0.421 e. The zero-order valence-electron chi connectivity index (χ0n) is 10.3. The van der Waals surface area contributed by atoms with Crippen molar-refractivity contribution in [1.82, 2.24) is 4.57 Å². The Morgan fingerprint density at radius 2 is 2.22 bits per heavy atom. The van der Waals surface area contributed by atoms with Crippen LogP contribution >= 0.6 is 15.9 Å². The molecule has 1 heterocycles. The Morgan fingerprint density at radius 3 is 2.94 bits per heavy atom. The van der Waals surface area contributed by atoms with E-state index in [-0.39, 0.29) is 12.5 Å². The summed E-state index contributed by atoms with van der Waals surface area (Å²) in [5.74, 6) is 0.630. The lowest BCUT2D eigenvalue weighted by molar-refractivity contribution is 0.0875. The van der Waals surface area contributed by atoms with Crippen molar-refractivity contribution in [2.24, 2.45) is 0 Å². The summed E-state index contributed by atoms with van der Waals surface area (Å²) >= 11 is 3.34. The predicted molar refractivity (Wildman–Crippen MR) is 78.2 cm³/mol. The lowest BCUT2D eigenvalue weighted by Gasteiger charge is -2.03. The largest absolute Gasteiger partial charge is 0.421 e. The Bertz CT molecular complexity index is 591. The number of hydrogen-bond acceptors (Lipinski definition) is 3. The van der Waals surface area contributed by atoms with Crippen LogP contribution in [0.5, 0.6) is 0 Å². The molecular weight excluding hydrogens is 318 g/mol. The molecule has 0 bridgehead atoms. The van der Waals surface area contributed by atoms with E-state index in [1.54, 1.807) is 6.07 Å². The predicted octanol–water partition coefficient (Wildman–Crippen LogP) is 2.21. The van der Waals surface area contributed by atoms with Gasteiger partial charge in [0.1, 0.15) is 12.5 Å². The lowest BCUT2D eigenvalue weighted by atomic mass is 10.3. The summed E-state index contributed by atoms with van der Waals surface area (Å²) < 4.78 is 13.1. The Balaban J connectivity index is 2.13. The molecule has 0 aliphatic carbocycles. The average molecular weight is 333 g/mol. The van der Waals surface area contributed by atoms with Gasteiger partial charge in [-0.3, -0.25) is 0 Å². The molecule has 18 heavy (non-hydrogen) atoms. The fraction of sp³-hybridized carbons (Fsp3) is 0.417. The number of nitrogens with zero attached hydrogens (tertiary/aromatic N) is 1. The zero-order chi connectivity index (χ0) is 13.1. The van der Waals surface area contributed by atoms with Gasteiger partial charge in [0.25, 0.3) is 0 Å². The molecule has 0 amide bonds. The topological polar surface area (TPSA) is 44.4 Å². The molecule has 0 saturated heterocycles. The molecule has 0 fully saturated rings. The molecule has 0 saturated carbocycles. The van der Waals surface area contributed by atoms with Crippen LogP contribution in [0.25, 0.3) is 11.1 Å². The molecule has 6 heteroatoms. The van der Waals surface area contributed by atoms with Crippen LogP contribution in [0.15, 0.2) is 31.9 Å². The van der Waals surface area contributed by atoms with Crippen LogP contribution in [0, 0.1) is 0 Å². The second kappa shape index (κ2) is 5.95. The number of hydrogen-bond donors (Lipinski definition) is 0. The molecule has 0 spiro atoms. The first-order chi connectivity index (χ1) is 8.58. The van der Waals surface area contributed by atoms with E-state index in [0.29, 0.717) is 23.1 Å². The standard InChI is InChI=1S/C12H15BrNO3S/c1-18(2)6-5-16-8-14-10-4-3-9(13)7-11(10)17-12(14)15/h3-4,7H,5-6,8H2,1-2H3/q+1. The number of rotatable bonds is 5. The molecule has 0 atom stereocenters. The third kappa shape index (κ3) is 3.18. The van der Waals surface area contributed by atoms with Gasteiger partial charge in [-0.25, -0.2) is 9.36 Å². The molecule has 2 rings (SSSR count). The van der Waals surface area contributed by atoms with Crippen LogP contribution in [0.2, 0.25) is 0 Å². The molecule has 0 aliphatic rings. The first kappa shape index (κ1) is 13.7. The molecule has 0 unspecified atom stereocenters. The minimum atomic E-state index is -0.380. The molecule has 2 aromatic rings. The van der Waals surface area contributed by atoms with Gasteiger partial charge in [0, 0.05) is 4.47 Å². The van der Waals surface area contributed by atoms with E-state index in [0.717, 1.165) is 15.7 Å². The van der Waals surface area contributed by atoms with E-state index in [2.05, 4.69) is 28.4 Å². The fourth-order valence-electron chi connectivity index (χ4n) is 1.54. The summed E-state index contributed by atoms with van der Waals surface area (Å²) in [6, 6.07) is 5.50. The second-order valence-corrected chi connectivity index (χ2v) is 7.43. The number of benzene rings is 1. The minimum absolute atomic E-state index is 0.241. The Morgan fingerprint density at radius 1 is 1.44 bits per heavy atom. The number of ether oxygens (including phenoxy) is 1. The van der Waals surface area contributed by atoms with Gasteiger partial charge in [-0.05, 0) is 29.1 Å². The summed E-state index contributed by atoms with van der Waals surface area (Å²) in [7, 11) is 0.359. The van der Waals surface area contributed by atoms with Crippen molar-refractivity contribution in [3.05, 3.63) is 33.2 Å². The molecule has 4 nitrogen and oxygen atoms in total. The van der Waals surface area contributed by atoms with Crippen molar-refractivity contribution in [1.29, 1.82) is 0 Å². The molecular formula is C12H15BrNO3S+. The normalized spacial score (nSPS) is 11.6. The summed E-state index contributed by atoms with van der Waals surface area (Å²) in [6.45, 7) is 0.899. The van der Waals surface area contributed by atoms with E-state index in [4.69, 9.17) is 9.15 Å². The smallest absolute Gasteiger partial charge is 0.408 e. The second-order valence-electron chi connectivity index (χ2n) is 4.14. The van der Waals surface area contributed by atoms with Crippen LogP contribution in [-0.2, 0) is 22.4 Å². The Kier molecular flexibility index (Phi) is 4.53. The highest BCUT2D eigenvalue weighted by molar-refractivity contribution is 9.10. The summed E-state index contributed by atoms with van der Waals surface area (Å²) in [6.07, 6.45) is 4.33. The maximum atomic E-state index is 11.7. The van der Waals surface area contributed by atoms with E-state index in [9.17, 15) is 4.79 Å². The zero-order valence-corrected chi connectivity index (χ0v) is 12.7. The number of halogens is 1. The van der Waals surface area contributed by atoms with Gasteiger partial charge in [-0.1, -0.05) is 15.9 Å². The number of oxazole rings is 1. The first-order valence-corrected chi connectivity index (χ1v) is 8.49. The minimum Gasteiger partial charge on any atom is -0.408 e. The molecule has 98 valence electrons. The quantitative estimate of drug-likeness (QED) is 0.622. The van der Waals surface area contributed by atoms with Gasteiger partial charge in [-0.15, -0.1) is 0 Å². The first-order valence-electron chi connectivity index (χ1n) is 5.49. The fourth-order valence-corrected chi connectivity index (χ4v) is 2.34. The molecule has 1 aromatic heterocycles. The molecule has 0 radical (unpaired) electrons. The average Bonchev–Trinajstić information content (AvgIpc) is 2.59. The van der Waals surface area contributed by atoms with Crippen molar-refractivity contribution in [3.8, 4) is 0 Å². The van der Waals surface area contributed by atoms with Crippen molar-refractivity contribution in [2.75, 3.05) is 24.9 Å². The third-order valence-electron chi connectivity index (χ3n) is 2.49. The SMILES string of the molecule is C[S+](C)CCOCn1c(=O)oc2cc(Br)ccc21. The van der Waals surface area contributed by atoms with Crippen LogP contribution in [0.4, 0.5) is 0 Å². The van der Waals surface area contributed by atoms with Crippen LogP contribution in [-0.4, -0.2) is 29.4 Å². The maximum absolute atomic E-state index is 11.7. The molecule has 0 aliphatic heterocycles. The van der Waals surface area contributed by atoms with Gasteiger partial charge in [0.15, 0.2) is 5.58 Å². The molecule has 0 N–H and O–H groups in total. The highest BCUT2D eigenvalue weighted by Gasteiger charge is 2.10. The molecule has 1 aromatic carbocycles. The van der Waals surface area contributed by atoms with Gasteiger partial charge < -0.3 is 9.15 Å². The van der Waals surface area contributed by atoms with Crippen LogP contribution in [0.1, 0.15) is 0 Å². The summed E-state index contributed by atoms with van der Waals surface area (Å²) in [4.78, 5) is 11.7. The lowest BCUT2D eigenvalue weighted by Crippen LogP contribution is -2.18. The van der Waals surface area contributed by atoms with E-state index in [1.807, 2.05) is 12.1 Å².